The number of allylic oxidation sites excluding steroid dienone is 1. The maximum atomic E-state index is 13.2. The zero-order valence-corrected chi connectivity index (χ0v) is 24.1. The Morgan fingerprint density at radius 1 is 1.13 bits per heavy atom. The second-order valence-electron chi connectivity index (χ2n) is 14.2. The average molecular weight is 524 g/mol. The van der Waals surface area contributed by atoms with E-state index in [1.807, 2.05) is 6.92 Å². The zero-order chi connectivity index (χ0) is 26.7. The first-order chi connectivity index (χ1) is 18.2. The Hall–Kier alpha value is -1.69. The van der Waals surface area contributed by atoms with Gasteiger partial charge in [0.1, 0.15) is 0 Å². The normalized spacial score (nSPS) is 40.2. The van der Waals surface area contributed by atoms with Crippen LogP contribution < -0.4 is 0 Å². The lowest BCUT2D eigenvalue weighted by molar-refractivity contribution is -0.132. The van der Waals surface area contributed by atoms with Crippen LogP contribution in [0.25, 0.3) is 0 Å². The Morgan fingerprint density at radius 2 is 1.92 bits per heavy atom. The molecule has 1 amide bonds. The highest BCUT2D eigenvalue weighted by molar-refractivity contribution is 5.76. The number of rotatable bonds is 5. The molecule has 6 heteroatoms. The predicted molar refractivity (Wildman–Crippen MR) is 147 cm³/mol. The monoisotopic (exact) mass is 523 g/mol. The number of hydrogen-bond donors (Lipinski definition) is 1. The molecule has 0 spiro atoms. The van der Waals surface area contributed by atoms with Gasteiger partial charge in [0.2, 0.25) is 11.8 Å². The summed E-state index contributed by atoms with van der Waals surface area (Å²) in [7, 11) is 0. The number of fused-ring (bicyclic) bond motifs is 5. The molecule has 1 saturated heterocycles. The third-order valence-electron chi connectivity index (χ3n) is 12.4. The molecule has 3 saturated carbocycles. The van der Waals surface area contributed by atoms with E-state index >= 15 is 0 Å². The van der Waals surface area contributed by atoms with Gasteiger partial charge in [-0.1, -0.05) is 37.6 Å². The molecule has 0 aromatic carbocycles. The molecule has 210 valence electrons. The number of aliphatic hydroxyl groups is 1. The van der Waals surface area contributed by atoms with Crippen molar-refractivity contribution in [3.8, 4) is 0 Å². The van der Waals surface area contributed by atoms with Crippen molar-refractivity contribution in [2.45, 2.75) is 117 Å². The number of aliphatic hydroxyl groups excluding tert-OH is 1. The number of hydrogen-bond acceptors (Lipinski definition) is 5. The summed E-state index contributed by atoms with van der Waals surface area (Å²) in [4.78, 5) is 19.6. The topological polar surface area (TPSA) is 79.5 Å². The minimum absolute atomic E-state index is 0.125. The number of aromatic nitrogens is 2. The van der Waals surface area contributed by atoms with Gasteiger partial charge in [-0.3, -0.25) is 4.79 Å². The quantitative estimate of drug-likeness (QED) is 0.449. The summed E-state index contributed by atoms with van der Waals surface area (Å²) in [5, 5.41) is 14.2. The van der Waals surface area contributed by atoms with Crippen molar-refractivity contribution in [3.63, 3.8) is 0 Å². The molecule has 1 aliphatic heterocycles. The van der Waals surface area contributed by atoms with E-state index in [1.54, 1.807) is 5.57 Å². The van der Waals surface area contributed by atoms with Crippen molar-refractivity contribution in [2.75, 3.05) is 13.1 Å². The number of amides is 1. The summed E-state index contributed by atoms with van der Waals surface area (Å²) < 4.78 is 5.38. The van der Waals surface area contributed by atoms with E-state index < -0.39 is 0 Å². The fraction of sp³-hybridized carbons (Fsp3) is 0.844. The second-order valence-corrected chi connectivity index (χ2v) is 14.2. The lowest BCUT2D eigenvalue weighted by Crippen LogP contribution is -2.50. The summed E-state index contributed by atoms with van der Waals surface area (Å²) in [6.07, 6.45) is 15.6. The highest BCUT2D eigenvalue weighted by atomic mass is 16.5. The first-order valence-corrected chi connectivity index (χ1v) is 15.6. The molecule has 1 aromatic rings. The summed E-state index contributed by atoms with van der Waals surface area (Å²) >= 11 is 0. The fourth-order valence-electron chi connectivity index (χ4n) is 10.2. The lowest BCUT2D eigenvalue weighted by atomic mass is 9.47. The van der Waals surface area contributed by atoms with Crippen LogP contribution in [-0.4, -0.2) is 45.2 Å². The number of nitrogens with zero attached hydrogens (tertiary/aromatic N) is 3. The van der Waals surface area contributed by atoms with Crippen molar-refractivity contribution in [1.82, 2.24) is 15.0 Å². The van der Waals surface area contributed by atoms with E-state index in [4.69, 9.17) is 4.52 Å². The van der Waals surface area contributed by atoms with Crippen LogP contribution in [0.15, 0.2) is 16.2 Å². The Kier molecular flexibility index (Phi) is 7.02. The molecule has 4 aliphatic carbocycles. The van der Waals surface area contributed by atoms with Gasteiger partial charge in [0, 0.05) is 25.4 Å². The van der Waals surface area contributed by atoms with Gasteiger partial charge in [-0.05, 0) is 118 Å². The molecule has 8 atom stereocenters. The first-order valence-electron chi connectivity index (χ1n) is 15.6. The standard InChI is InChI=1S/C32H49N3O3/c1-20(5-10-29(37)35-17-13-22(14-18-35)30-33-21(2)34-38-30)26-8-9-27-25-7-6-23-19-24(36)11-15-31(23,3)28(25)12-16-32(26,27)4/h6,20,22,24-28,36H,5,7-19H2,1-4H3/t20?,24-,25-,26+,27-,28-,31-,32+/m0/s1. The number of carbonyl (C=O) groups excluding carboxylic acids is 1. The van der Waals surface area contributed by atoms with E-state index in [-0.39, 0.29) is 12.0 Å². The van der Waals surface area contributed by atoms with Crippen molar-refractivity contribution in [3.05, 3.63) is 23.4 Å². The number of piperidine rings is 1. The number of carbonyl (C=O) groups is 1. The lowest BCUT2D eigenvalue weighted by Gasteiger charge is -2.58. The van der Waals surface area contributed by atoms with Crippen LogP contribution >= 0.6 is 0 Å². The second kappa shape index (κ2) is 10.1. The summed E-state index contributed by atoms with van der Waals surface area (Å²) in [5.74, 6) is 5.80. The van der Waals surface area contributed by atoms with Crippen molar-refractivity contribution in [1.29, 1.82) is 0 Å². The minimum Gasteiger partial charge on any atom is -0.393 e. The van der Waals surface area contributed by atoms with Gasteiger partial charge in [0.05, 0.1) is 6.10 Å². The Balaban J connectivity index is 1.04. The highest BCUT2D eigenvalue weighted by Gasteiger charge is 2.59. The first kappa shape index (κ1) is 26.5. The van der Waals surface area contributed by atoms with Crippen LogP contribution in [0.3, 0.4) is 0 Å². The molecule has 5 aliphatic rings. The van der Waals surface area contributed by atoms with Gasteiger partial charge < -0.3 is 14.5 Å². The van der Waals surface area contributed by atoms with E-state index in [9.17, 15) is 9.90 Å². The van der Waals surface area contributed by atoms with Gasteiger partial charge in [-0.2, -0.15) is 4.98 Å². The summed E-state index contributed by atoms with van der Waals surface area (Å²) in [5.41, 5.74) is 2.30. The SMILES string of the molecule is Cc1noc(C2CCN(C(=O)CCC(C)[C@H]3CC[C@H]4[C@@H]5CC=C6C[C@@H](O)CC[C@]6(C)[C@H]5CC[C@]34C)CC2)n1. The fourth-order valence-corrected chi connectivity index (χ4v) is 10.2. The third kappa shape index (κ3) is 4.47. The molecular formula is C32H49N3O3. The van der Waals surface area contributed by atoms with Crippen LogP contribution in [0.2, 0.25) is 0 Å². The summed E-state index contributed by atoms with van der Waals surface area (Å²) in [6.45, 7) is 11.0. The highest BCUT2D eigenvalue weighted by Crippen LogP contribution is 2.67. The number of aryl methyl sites for hydroxylation is 1. The van der Waals surface area contributed by atoms with Gasteiger partial charge in [0.15, 0.2) is 5.82 Å². The molecule has 1 N–H and O–H groups in total. The van der Waals surface area contributed by atoms with Gasteiger partial charge in [-0.25, -0.2) is 0 Å². The molecule has 6 nitrogen and oxygen atoms in total. The maximum absolute atomic E-state index is 13.2. The molecule has 1 aromatic heterocycles. The molecule has 4 fully saturated rings. The smallest absolute Gasteiger partial charge is 0.229 e. The van der Waals surface area contributed by atoms with E-state index in [0.29, 0.717) is 34.9 Å². The van der Waals surface area contributed by atoms with Crippen LogP contribution in [0.4, 0.5) is 0 Å². The van der Waals surface area contributed by atoms with Crippen molar-refractivity contribution >= 4 is 5.91 Å². The van der Waals surface area contributed by atoms with Gasteiger partial charge in [0.25, 0.3) is 0 Å². The average Bonchev–Trinajstić information content (AvgIpc) is 3.50. The molecular weight excluding hydrogens is 474 g/mol. The maximum Gasteiger partial charge on any atom is 0.229 e. The van der Waals surface area contributed by atoms with Crippen LogP contribution in [0.1, 0.15) is 115 Å². The minimum atomic E-state index is -0.125. The molecule has 0 bridgehead atoms. The summed E-state index contributed by atoms with van der Waals surface area (Å²) in [6, 6.07) is 0. The van der Waals surface area contributed by atoms with E-state index in [2.05, 4.69) is 41.9 Å². The molecule has 6 rings (SSSR count). The van der Waals surface area contributed by atoms with E-state index in [1.165, 1.54) is 38.5 Å². The molecule has 2 heterocycles. The Bertz CT molecular complexity index is 1060. The largest absolute Gasteiger partial charge is 0.393 e. The van der Waals surface area contributed by atoms with E-state index in [0.717, 1.165) is 74.8 Å². The van der Waals surface area contributed by atoms with Gasteiger partial charge >= 0.3 is 0 Å². The zero-order valence-electron chi connectivity index (χ0n) is 24.1. The Morgan fingerprint density at radius 3 is 2.66 bits per heavy atom. The van der Waals surface area contributed by atoms with Crippen LogP contribution in [0, 0.1) is 47.3 Å². The van der Waals surface area contributed by atoms with Crippen molar-refractivity contribution in [2.24, 2.45) is 40.4 Å². The van der Waals surface area contributed by atoms with Gasteiger partial charge in [-0.15, -0.1) is 0 Å². The molecule has 0 radical (unpaired) electrons. The molecule has 1 unspecified atom stereocenters. The third-order valence-corrected chi connectivity index (χ3v) is 12.4. The Labute approximate surface area is 229 Å². The number of likely N-dealkylation sites (tertiary alicyclic amines) is 1. The van der Waals surface area contributed by atoms with Crippen LogP contribution in [0.5, 0.6) is 0 Å². The van der Waals surface area contributed by atoms with Crippen LogP contribution in [-0.2, 0) is 4.79 Å². The molecule has 38 heavy (non-hydrogen) atoms. The van der Waals surface area contributed by atoms with Crippen molar-refractivity contribution < 1.29 is 14.4 Å². The predicted octanol–water partition coefficient (Wildman–Crippen LogP) is 6.44.